The molecule has 4 heteroatoms. The lowest BCUT2D eigenvalue weighted by atomic mass is 10.6. The van der Waals surface area contributed by atoms with Crippen LogP contribution in [0.2, 0.25) is 0 Å². The maximum Gasteiger partial charge on any atom is 0.264 e. The standard InChI is InChI=1S/C4H4N2O.CH4O/c7-4-2-1-3-5-6-4;1-2/h1-3H,(H,6,7);2H,1H3. The van der Waals surface area contributed by atoms with Crippen molar-refractivity contribution in [1.82, 2.24) is 10.2 Å². The van der Waals surface area contributed by atoms with Crippen LogP contribution in [0.3, 0.4) is 0 Å². The number of rotatable bonds is 0. The van der Waals surface area contributed by atoms with E-state index in [9.17, 15) is 4.79 Å². The van der Waals surface area contributed by atoms with Gasteiger partial charge in [0.1, 0.15) is 0 Å². The number of nitrogens with zero attached hydrogens (tertiary/aromatic N) is 1. The zero-order valence-corrected chi connectivity index (χ0v) is 5.03. The third kappa shape index (κ3) is 3.42. The van der Waals surface area contributed by atoms with Crippen LogP contribution in [0.25, 0.3) is 0 Å². The molecule has 0 bridgehead atoms. The van der Waals surface area contributed by atoms with Crippen LogP contribution in [0, 0.1) is 0 Å². The minimum absolute atomic E-state index is 0.164. The SMILES string of the molecule is CO.O=c1cccn[nH]1. The van der Waals surface area contributed by atoms with Gasteiger partial charge in [0, 0.05) is 19.4 Å². The van der Waals surface area contributed by atoms with Gasteiger partial charge < -0.3 is 5.11 Å². The van der Waals surface area contributed by atoms with Crippen molar-refractivity contribution in [3.05, 3.63) is 28.7 Å². The molecule has 1 rings (SSSR count). The van der Waals surface area contributed by atoms with Gasteiger partial charge in [-0.25, -0.2) is 5.10 Å². The second kappa shape index (κ2) is 4.99. The van der Waals surface area contributed by atoms with Gasteiger partial charge in [-0.2, -0.15) is 5.10 Å². The van der Waals surface area contributed by atoms with Gasteiger partial charge in [-0.1, -0.05) is 0 Å². The number of aliphatic hydroxyl groups excluding tert-OH is 1. The molecule has 0 amide bonds. The van der Waals surface area contributed by atoms with E-state index < -0.39 is 0 Å². The van der Waals surface area contributed by atoms with Crippen LogP contribution in [0.4, 0.5) is 0 Å². The summed E-state index contributed by atoms with van der Waals surface area (Å²) in [7, 11) is 1.00. The predicted octanol–water partition coefficient (Wildman–Crippen LogP) is -0.622. The smallest absolute Gasteiger partial charge is 0.264 e. The number of aromatic amines is 1. The first-order chi connectivity index (χ1) is 4.39. The van der Waals surface area contributed by atoms with E-state index in [0.29, 0.717) is 0 Å². The van der Waals surface area contributed by atoms with Crippen LogP contribution in [0.5, 0.6) is 0 Å². The number of aromatic nitrogens is 2. The van der Waals surface area contributed by atoms with E-state index in [1.165, 1.54) is 12.3 Å². The van der Waals surface area contributed by atoms with E-state index in [1.54, 1.807) is 6.07 Å². The average molecular weight is 128 g/mol. The Labute approximate surface area is 52.2 Å². The molecule has 0 aliphatic rings. The third-order valence-corrected chi connectivity index (χ3v) is 0.583. The monoisotopic (exact) mass is 128 g/mol. The maximum atomic E-state index is 10.2. The molecule has 0 fully saturated rings. The molecule has 0 radical (unpaired) electrons. The Morgan fingerprint density at radius 3 is 2.56 bits per heavy atom. The Kier molecular flexibility index (Phi) is 4.34. The van der Waals surface area contributed by atoms with E-state index in [-0.39, 0.29) is 5.56 Å². The second-order valence-electron chi connectivity index (χ2n) is 1.11. The molecular formula is C5H8N2O2. The van der Waals surface area contributed by atoms with E-state index >= 15 is 0 Å². The fraction of sp³-hybridized carbons (Fsp3) is 0.200. The molecule has 0 aliphatic carbocycles. The minimum atomic E-state index is -0.164. The summed E-state index contributed by atoms with van der Waals surface area (Å²) in [6, 6.07) is 2.99. The Morgan fingerprint density at radius 1 is 1.67 bits per heavy atom. The highest BCUT2D eigenvalue weighted by molar-refractivity contribution is 4.81. The average Bonchev–Trinajstić information content (AvgIpc) is 1.94. The van der Waals surface area contributed by atoms with E-state index in [0.717, 1.165) is 7.11 Å². The van der Waals surface area contributed by atoms with Crippen LogP contribution in [0.1, 0.15) is 0 Å². The Morgan fingerprint density at radius 2 is 2.33 bits per heavy atom. The summed E-state index contributed by atoms with van der Waals surface area (Å²) >= 11 is 0. The van der Waals surface area contributed by atoms with Crippen molar-refractivity contribution < 1.29 is 5.11 Å². The van der Waals surface area contributed by atoms with Crippen molar-refractivity contribution in [2.75, 3.05) is 7.11 Å². The van der Waals surface area contributed by atoms with Crippen molar-refractivity contribution in [1.29, 1.82) is 0 Å². The lowest BCUT2D eigenvalue weighted by Crippen LogP contribution is -2.02. The van der Waals surface area contributed by atoms with Gasteiger partial charge in [-0.3, -0.25) is 4.79 Å². The molecule has 0 aliphatic heterocycles. The van der Waals surface area contributed by atoms with Crippen molar-refractivity contribution in [2.45, 2.75) is 0 Å². The largest absolute Gasteiger partial charge is 0.400 e. The zero-order chi connectivity index (χ0) is 7.11. The third-order valence-electron chi connectivity index (χ3n) is 0.583. The Balaban J connectivity index is 0.000000291. The number of nitrogens with one attached hydrogen (secondary N) is 1. The van der Waals surface area contributed by atoms with Crippen molar-refractivity contribution in [3.63, 3.8) is 0 Å². The molecule has 1 aromatic heterocycles. The predicted molar refractivity (Wildman–Crippen MR) is 33.0 cm³/mol. The molecule has 0 spiro atoms. The van der Waals surface area contributed by atoms with Crippen LogP contribution in [-0.2, 0) is 0 Å². The second-order valence-corrected chi connectivity index (χ2v) is 1.11. The lowest BCUT2D eigenvalue weighted by Gasteiger charge is -1.72. The Bertz CT molecular complexity index is 179. The first-order valence-electron chi connectivity index (χ1n) is 2.34. The lowest BCUT2D eigenvalue weighted by molar-refractivity contribution is 0.399. The molecule has 0 atom stereocenters. The van der Waals surface area contributed by atoms with E-state index in [2.05, 4.69) is 10.2 Å². The summed E-state index contributed by atoms with van der Waals surface area (Å²) in [5, 5.41) is 12.7. The zero-order valence-electron chi connectivity index (χ0n) is 5.03. The summed E-state index contributed by atoms with van der Waals surface area (Å²) < 4.78 is 0. The molecule has 0 unspecified atom stereocenters. The van der Waals surface area contributed by atoms with Crippen molar-refractivity contribution in [3.8, 4) is 0 Å². The molecular weight excluding hydrogens is 120 g/mol. The molecule has 4 nitrogen and oxygen atoms in total. The van der Waals surface area contributed by atoms with Gasteiger partial charge in [0.25, 0.3) is 5.56 Å². The molecule has 1 heterocycles. The maximum absolute atomic E-state index is 10.2. The van der Waals surface area contributed by atoms with Crippen LogP contribution >= 0.6 is 0 Å². The number of hydrogen-bond donors (Lipinski definition) is 2. The van der Waals surface area contributed by atoms with Gasteiger partial charge in [0.2, 0.25) is 0 Å². The summed E-state index contributed by atoms with van der Waals surface area (Å²) in [5.41, 5.74) is -0.164. The van der Waals surface area contributed by atoms with Gasteiger partial charge in [-0.05, 0) is 6.07 Å². The number of aliphatic hydroxyl groups is 1. The summed E-state index contributed by atoms with van der Waals surface area (Å²) in [6.45, 7) is 0. The van der Waals surface area contributed by atoms with Crippen LogP contribution in [0.15, 0.2) is 23.1 Å². The quantitative estimate of drug-likeness (QED) is 0.489. The molecule has 50 valence electrons. The molecule has 1 aromatic rings. The first kappa shape index (κ1) is 7.84. The van der Waals surface area contributed by atoms with Gasteiger partial charge in [0.05, 0.1) is 0 Å². The fourth-order valence-corrected chi connectivity index (χ4v) is 0.312. The van der Waals surface area contributed by atoms with Gasteiger partial charge in [0.15, 0.2) is 0 Å². The van der Waals surface area contributed by atoms with Gasteiger partial charge >= 0.3 is 0 Å². The summed E-state index contributed by atoms with van der Waals surface area (Å²) in [6.07, 6.45) is 1.52. The van der Waals surface area contributed by atoms with Crippen LogP contribution in [-0.4, -0.2) is 22.4 Å². The number of H-pyrrole nitrogens is 1. The van der Waals surface area contributed by atoms with Crippen molar-refractivity contribution >= 4 is 0 Å². The molecule has 0 aromatic carbocycles. The minimum Gasteiger partial charge on any atom is -0.400 e. The summed E-state index contributed by atoms with van der Waals surface area (Å²) in [4.78, 5) is 10.2. The fourth-order valence-electron chi connectivity index (χ4n) is 0.312. The highest BCUT2D eigenvalue weighted by Gasteiger charge is 1.70. The highest BCUT2D eigenvalue weighted by atomic mass is 16.2. The van der Waals surface area contributed by atoms with Gasteiger partial charge in [-0.15, -0.1) is 0 Å². The van der Waals surface area contributed by atoms with Crippen molar-refractivity contribution in [2.24, 2.45) is 0 Å². The van der Waals surface area contributed by atoms with E-state index in [1.807, 2.05) is 0 Å². The summed E-state index contributed by atoms with van der Waals surface area (Å²) in [5.74, 6) is 0. The molecule has 0 saturated carbocycles. The topological polar surface area (TPSA) is 66.0 Å². The molecule has 0 saturated heterocycles. The highest BCUT2D eigenvalue weighted by Crippen LogP contribution is 1.60. The molecule has 2 N–H and O–H groups in total. The number of hydrogen-bond acceptors (Lipinski definition) is 3. The Hall–Kier alpha value is -1.16. The molecule has 9 heavy (non-hydrogen) atoms. The van der Waals surface area contributed by atoms with Crippen LogP contribution < -0.4 is 5.56 Å². The van der Waals surface area contributed by atoms with E-state index in [4.69, 9.17) is 5.11 Å². The normalized spacial score (nSPS) is 7.33. The first-order valence-corrected chi connectivity index (χ1v) is 2.34.